The Morgan fingerprint density at radius 1 is 1.65 bits per heavy atom. The van der Waals surface area contributed by atoms with E-state index in [2.05, 4.69) is 20.4 Å². The lowest BCUT2D eigenvalue weighted by atomic mass is 10.2. The molecule has 0 bridgehead atoms. The molecule has 1 aromatic rings. The number of hydrogen-bond acceptors (Lipinski definition) is 7. The van der Waals surface area contributed by atoms with Gasteiger partial charge in [-0.25, -0.2) is 9.98 Å². The Balaban J connectivity index is 2.12. The fourth-order valence-corrected chi connectivity index (χ4v) is 1.68. The first-order chi connectivity index (χ1) is 8.11. The molecule has 17 heavy (non-hydrogen) atoms. The number of anilines is 1. The number of nitrogens with two attached hydrogens (primary N) is 1. The normalized spacial score (nSPS) is 18.9. The van der Waals surface area contributed by atoms with E-state index in [1.807, 2.05) is 0 Å². The highest BCUT2D eigenvalue weighted by Crippen LogP contribution is 2.12. The Kier molecular flexibility index (Phi) is 2.83. The second kappa shape index (κ2) is 4.29. The third-order valence-electron chi connectivity index (χ3n) is 1.98. The SMILES string of the molecule is Nc1nc(/C(=N/O)C(=O)N[C@H]2C=NC2=O)cs1. The molecule has 4 N–H and O–H groups in total. The van der Waals surface area contributed by atoms with Crippen molar-refractivity contribution in [1.82, 2.24) is 10.3 Å². The van der Waals surface area contributed by atoms with E-state index in [1.165, 1.54) is 11.6 Å². The number of aromatic nitrogens is 1. The summed E-state index contributed by atoms with van der Waals surface area (Å²) in [4.78, 5) is 29.7. The van der Waals surface area contributed by atoms with E-state index in [9.17, 15) is 9.59 Å². The standard InChI is InChI=1S/C8H7N5O3S/c9-8-12-4(2-17-8)5(13-16)7(15)11-3-1-10-6(3)14/h1-3,16H,(H2,9,12)(H,11,15)/b13-5-/t3-/m0/s1. The van der Waals surface area contributed by atoms with Gasteiger partial charge in [0.25, 0.3) is 11.8 Å². The smallest absolute Gasteiger partial charge is 0.276 e. The number of carbonyl (C=O) groups is 2. The average molecular weight is 253 g/mol. The summed E-state index contributed by atoms with van der Waals surface area (Å²) < 4.78 is 0. The third kappa shape index (κ3) is 2.13. The Hall–Kier alpha value is -2.29. The minimum absolute atomic E-state index is 0.149. The van der Waals surface area contributed by atoms with Gasteiger partial charge in [0.2, 0.25) is 0 Å². The molecule has 0 aliphatic carbocycles. The number of aliphatic imine (C=N–C) groups is 1. The molecular weight excluding hydrogens is 246 g/mol. The van der Waals surface area contributed by atoms with E-state index in [4.69, 9.17) is 10.9 Å². The molecule has 9 heteroatoms. The summed E-state index contributed by atoms with van der Waals surface area (Å²) in [6, 6.07) is -0.768. The minimum atomic E-state index is -0.768. The number of nitrogen functional groups attached to an aromatic ring is 1. The van der Waals surface area contributed by atoms with Crippen molar-refractivity contribution in [1.29, 1.82) is 0 Å². The van der Waals surface area contributed by atoms with Crippen molar-refractivity contribution in [3.63, 3.8) is 0 Å². The largest absolute Gasteiger partial charge is 0.410 e. The summed E-state index contributed by atoms with van der Waals surface area (Å²) in [6.45, 7) is 0. The second-order valence-corrected chi connectivity index (χ2v) is 3.98. The number of carbonyl (C=O) groups excluding carboxylic acids is 2. The van der Waals surface area contributed by atoms with Gasteiger partial charge >= 0.3 is 0 Å². The van der Waals surface area contributed by atoms with Crippen molar-refractivity contribution >= 4 is 40.2 Å². The molecule has 0 unspecified atom stereocenters. The van der Waals surface area contributed by atoms with Crippen LogP contribution in [0.5, 0.6) is 0 Å². The van der Waals surface area contributed by atoms with Crippen LogP contribution in [0.1, 0.15) is 5.69 Å². The molecule has 0 saturated heterocycles. The van der Waals surface area contributed by atoms with Crippen LogP contribution in [0.3, 0.4) is 0 Å². The second-order valence-electron chi connectivity index (χ2n) is 3.09. The van der Waals surface area contributed by atoms with Gasteiger partial charge in [-0.1, -0.05) is 5.16 Å². The number of hydrogen-bond donors (Lipinski definition) is 3. The number of rotatable bonds is 3. The van der Waals surface area contributed by atoms with Crippen LogP contribution >= 0.6 is 11.3 Å². The predicted octanol–water partition coefficient (Wildman–Crippen LogP) is -1.00. The highest BCUT2D eigenvalue weighted by atomic mass is 32.1. The molecule has 88 valence electrons. The van der Waals surface area contributed by atoms with Gasteiger partial charge in [0.1, 0.15) is 11.7 Å². The van der Waals surface area contributed by atoms with Crippen LogP contribution < -0.4 is 11.1 Å². The molecule has 1 aliphatic heterocycles. The maximum atomic E-state index is 11.6. The van der Waals surface area contributed by atoms with E-state index in [0.29, 0.717) is 0 Å². The lowest BCUT2D eigenvalue weighted by Crippen LogP contribution is -2.49. The summed E-state index contributed by atoms with van der Waals surface area (Å²) in [5.74, 6) is -1.17. The predicted molar refractivity (Wildman–Crippen MR) is 60.3 cm³/mol. The van der Waals surface area contributed by atoms with Crippen LogP contribution in [-0.4, -0.2) is 40.0 Å². The van der Waals surface area contributed by atoms with Gasteiger partial charge in [0, 0.05) is 11.6 Å². The molecule has 8 nitrogen and oxygen atoms in total. The first-order valence-electron chi connectivity index (χ1n) is 4.44. The van der Waals surface area contributed by atoms with Gasteiger partial charge in [-0.2, -0.15) is 0 Å². The molecule has 2 heterocycles. The van der Waals surface area contributed by atoms with Gasteiger partial charge in [-0.15, -0.1) is 11.3 Å². The van der Waals surface area contributed by atoms with E-state index in [1.54, 1.807) is 0 Å². The maximum absolute atomic E-state index is 11.6. The van der Waals surface area contributed by atoms with Crippen LogP contribution in [0.25, 0.3) is 0 Å². The zero-order valence-corrected chi connectivity index (χ0v) is 9.14. The van der Waals surface area contributed by atoms with Crippen LogP contribution in [0.2, 0.25) is 0 Å². The summed E-state index contributed by atoms with van der Waals surface area (Å²) >= 11 is 1.11. The van der Waals surface area contributed by atoms with Crippen molar-refractivity contribution in [3.05, 3.63) is 11.1 Å². The van der Waals surface area contributed by atoms with Crippen LogP contribution in [0.15, 0.2) is 15.5 Å². The average Bonchev–Trinajstić information content (AvgIpc) is 2.71. The fraction of sp³-hybridized carbons (Fsp3) is 0.125. The maximum Gasteiger partial charge on any atom is 0.276 e. The van der Waals surface area contributed by atoms with Crippen molar-refractivity contribution in [2.45, 2.75) is 6.04 Å². The van der Waals surface area contributed by atoms with E-state index >= 15 is 0 Å². The Labute approximate surface area is 98.9 Å². The quantitative estimate of drug-likeness (QED) is 0.361. The summed E-state index contributed by atoms with van der Waals surface area (Å²) in [5.41, 5.74) is 5.24. The van der Waals surface area contributed by atoms with Crippen LogP contribution in [-0.2, 0) is 9.59 Å². The highest BCUT2D eigenvalue weighted by molar-refractivity contribution is 7.13. The molecule has 0 saturated carbocycles. The van der Waals surface area contributed by atoms with E-state index < -0.39 is 17.9 Å². The van der Waals surface area contributed by atoms with Crippen molar-refractivity contribution < 1.29 is 14.8 Å². The van der Waals surface area contributed by atoms with Crippen LogP contribution in [0.4, 0.5) is 5.13 Å². The Morgan fingerprint density at radius 3 is 2.82 bits per heavy atom. The van der Waals surface area contributed by atoms with Gasteiger partial charge in [0.15, 0.2) is 10.8 Å². The Morgan fingerprint density at radius 2 is 2.41 bits per heavy atom. The minimum Gasteiger partial charge on any atom is -0.410 e. The van der Waals surface area contributed by atoms with Gasteiger partial charge in [-0.3, -0.25) is 9.59 Å². The van der Waals surface area contributed by atoms with E-state index in [0.717, 1.165) is 11.3 Å². The first-order valence-corrected chi connectivity index (χ1v) is 5.32. The molecule has 0 fully saturated rings. The molecular formula is C8H7N5O3S. The molecule has 0 aromatic carbocycles. The van der Waals surface area contributed by atoms with Crippen molar-refractivity contribution in [2.75, 3.05) is 5.73 Å². The van der Waals surface area contributed by atoms with Crippen molar-refractivity contribution in [2.24, 2.45) is 10.1 Å². The number of amides is 2. The molecule has 0 spiro atoms. The summed E-state index contributed by atoms with van der Waals surface area (Å²) in [5, 5.41) is 15.6. The van der Waals surface area contributed by atoms with E-state index in [-0.39, 0.29) is 16.5 Å². The number of oxime groups is 1. The summed E-state index contributed by atoms with van der Waals surface area (Å²) in [6.07, 6.45) is 1.28. The molecule has 0 radical (unpaired) electrons. The third-order valence-corrected chi connectivity index (χ3v) is 2.66. The Bertz CT molecular complexity index is 535. The van der Waals surface area contributed by atoms with Crippen molar-refractivity contribution in [3.8, 4) is 0 Å². The monoisotopic (exact) mass is 253 g/mol. The first kappa shape index (κ1) is 11.2. The summed E-state index contributed by atoms with van der Waals surface area (Å²) in [7, 11) is 0. The zero-order chi connectivity index (χ0) is 12.4. The lowest BCUT2D eigenvalue weighted by Gasteiger charge is -2.15. The molecule has 1 aromatic heterocycles. The van der Waals surface area contributed by atoms with Crippen LogP contribution in [0, 0.1) is 0 Å². The lowest BCUT2D eigenvalue weighted by molar-refractivity contribution is -0.123. The number of nitrogens with one attached hydrogen (secondary N) is 1. The number of nitrogens with zero attached hydrogens (tertiary/aromatic N) is 3. The molecule has 2 rings (SSSR count). The zero-order valence-electron chi connectivity index (χ0n) is 8.32. The molecule has 1 atom stereocenters. The van der Waals surface area contributed by atoms with Gasteiger partial charge < -0.3 is 16.3 Å². The van der Waals surface area contributed by atoms with Gasteiger partial charge in [-0.05, 0) is 0 Å². The topological polar surface area (TPSA) is 130 Å². The fourth-order valence-electron chi connectivity index (χ4n) is 1.13. The van der Waals surface area contributed by atoms with Gasteiger partial charge in [0.05, 0.1) is 0 Å². The number of thiazole rings is 1. The molecule has 2 amide bonds. The highest BCUT2D eigenvalue weighted by Gasteiger charge is 2.28. The molecule has 1 aliphatic rings.